The Labute approximate surface area is 127 Å². The van der Waals surface area contributed by atoms with Crippen LogP contribution in [0.15, 0.2) is 12.2 Å². The highest BCUT2D eigenvalue weighted by molar-refractivity contribution is 5.74. The molecule has 0 aromatic rings. The van der Waals surface area contributed by atoms with Gasteiger partial charge in [-0.05, 0) is 51.2 Å². The van der Waals surface area contributed by atoms with Crippen molar-refractivity contribution in [2.45, 2.75) is 38.6 Å². The Balaban J connectivity index is 1.51. The molecule has 2 aliphatic rings. The molecule has 2 rings (SSSR count). The molecule has 5 heteroatoms. The van der Waals surface area contributed by atoms with E-state index in [0.717, 1.165) is 31.8 Å². The van der Waals surface area contributed by atoms with Gasteiger partial charge in [-0.1, -0.05) is 19.1 Å². The number of carbonyl (C=O) groups is 1. The van der Waals surface area contributed by atoms with E-state index >= 15 is 0 Å². The zero-order valence-electron chi connectivity index (χ0n) is 13.1. The zero-order chi connectivity index (χ0) is 15.1. The summed E-state index contributed by atoms with van der Waals surface area (Å²) in [6.07, 6.45) is 8.34. The van der Waals surface area contributed by atoms with Gasteiger partial charge in [0.2, 0.25) is 0 Å². The topological polar surface area (TPSA) is 64.6 Å². The highest BCUT2D eigenvalue weighted by atomic mass is 16.3. The minimum absolute atomic E-state index is 0.0609. The Morgan fingerprint density at radius 3 is 2.76 bits per heavy atom. The first-order valence-electron chi connectivity index (χ1n) is 8.23. The van der Waals surface area contributed by atoms with Crippen LogP contribution in [0.4, 0.5) is 4.79 Å². The maximum Gasteiger partial charge on any atom is 0.315 e. The second-order valence-corrected chi connectivity index (χ2v) is 6.45. The number of aliphatic hydroxyl groups is 1. The summed E-state index contributed by atoms with van der Waals surface area (Å²) in [6.45, 7) is 6.67. The molecule has 120 valence electrons. The molecule has 0 unspecified atom stereocenters. The van der Waals surface area contributed by atoms with Crippen LogP contribution in [0.5, 0.6) is 0 Å². The van der Waals surface area contributed by atoms with Gasteiger partial charge in [-0.3, -0.25) is 0 Å². The SMILES string of the molecule is CC1CCN(CCCNC(=O)N[C@@H]2C=C[C@H](CO)C2)CC1. The van der Waals surface area contributed by atoms with E-state index in [9.17, 15) is 4.79 Å². The molecular weight excluding hydrogens is 266 g/mol. The average molecular weight is 295 g/mol. The highest BCUT2D eigenvalue weighted by Crippen LogP contribution is 2.17. The Bertz CT molecular complexity index is 351. The largest absolute Gasteiger partial charge is 0.396 e. The fraction of sp³-hybridized carbons (Fsp3) is 0.812. The van der Waals surface area contributed by atoms with Crippen molar-refractivity contribution in [2.75, 3.05) is 32.8 Å². The number of nitrogens with zero attached hydrogens (tertiary/aromatic N) is 1. The minimum Gasteiger partial charge on any atom is -0.396 e. The van der Waals surface area contributed by atoms with Gasteiger partial charge in [-0.2, -0.15) is 0 Å². The molecular formula is C16H29N3O2. The van der Waals surface area contributed by atoms with Crippen molar-refractivity contribution in [2.24, 2.45) is 11.8 Å². The van der Waals surface area contributed by atoms with Crippen LogP contribution in [0, 0.1) is 11.8 Å². The molecule has 0 aromatic heterocycles. The van der Waals surface area contributed by atoms with Crippen molar-refractivity contribution in [1.82, 2.24) is 15.5 Å². The Kier molecular flexibility index (Phi) is 6.51. The Morgan fingerprint density at radius 2 is 2.10 bits per heavy atom. The summed E-state index contributed by atoms with van der Waals surface area (Å²) >= 11 is 0. The second kappa shape index (κ2) is 8.39. The number of hydrogen-bond acceptors (Lipinski definition) is 3. The fourth-order valence-electron chi connectivity index (χ4n) is 3.03. The molecule has 0 aromatic carbocycles. The van der Waals surface area contributed by atoms with Gasteiger partial charge in [0.15, 0.2) is 0 Å². The first-order chi connectivity index (χ1) is 10.2. The third-order valence-electron chi connectivity index (χ3n) is 4.54. The number of nitrogens with one attached hydrogen (secondary N) is 2. The van der Waals surface area contributed by atoms with Gasteiger partial charge in [0, 0.05) is 25.1 Å². The summed E-state index contributed by atoms with van der Waals surface area (Å²) in [6, 6.07) is -0.0405. The fourth-order valence-corrected chi connectivity index (χ4v) is 3.03. The summed E-state index contributed by atoms with van der Waals surface area (Å²) in [5, 5.41) is 14.9. The van der Waals surface area contributed by atoms with Crippen LogP contribution >= 0.6 is 0 Å². The van der Waals surface area contributed by atoms with Gasteiger partial charge in [0.1, 0.15) is 0 Å². The predicted molar refractivity (Wildman–Crippen MR) is 84.1 cm³/mol. The van der Waals surface area contributed by atoms with E-state index in [-0.39, 0.29) is 24.6 Å². The average Bonchev–Trinajstić information content (AvgIpc) is 2.93. The third-order valence-corrected chi connectivity index (χ3v) is 4.54. The van der Waals surface area contributed by atoms with E-state index in [2.05, 4.69) is 22.5 Å². The maximum absolute atomic E-state index is 11.8. The Morgan fingerprint density at radius 1 is 1.33 bits per heavy atom. The molecule has 1 heterocycles. The normalized spacial score (nSPS) is 27.0. The van der Waals surface area contributed by atoms with E-state index in [1.807, 2.05) is 12.2 Å². The smallest absolute Gasteiger partial charge is 0.315 e. The highest BCUT2D eigenvalue weighted by Gasteiger charge is 2.19. The quantitative estimate of drug-likeness (QED) is 0.512. The first kappa shape index (κ1) is 16.3. The van der Waals surface area contributed by atoms with E-state index < -0.39 is 0 Å². The summed E-state index contributed by atoms with van der Waals surface area (Å²) in [5.41, 5.74) is 0. The van der Waals surface area contributed by atoms with Crippen LogP contribution in [0.25, 0.3) is 0 Å². The molecule has 0 spiro atoms. The van der Waals surface area contributed by atoms with E-state index in [0.29, 0.717) is 0 Å². The van der Waals surface area contributed by atoms with Crippen molar-refractivity contribution < 1.29 is 9.90 Å². The number of amides is 2. The van der Waals surface area contributed by atoms with Gasteiger partial charge in [0.25, 0.3) is 0 Å². The Hall–Kier alpha value is -1.07. The van der Waals surface area contributed by atoms with Crippen LogP contribution in [0.3, 0.4) is 0 Å². The monoisotopic (exact) mass is 295 g/mol. The summed E-state index contributed by atoms with van der Waals surface area (Å²) in [5.74, 6) is 1.06. The molecule has 1 saturated heterocycles. The summed E-state index contributed by atoms with van der Waals surface area (Å²) in [7, 11) is 0. The molecule has 0 radical (unpaired) electrons. The molecule has 0 saturated carbocycles. The van der Waals surface area contributed by atoms with Crippen LogP contribution in [0.1, 0.15) is 32.6 Å². The lowest BCUT2D eigenvalue weighted by Gasteiger charge is -2.30. The molecule has 0 bridgehead atoms. The third kappa shape index (κ3) is 5.67. The molecule has 1 aliphatic carbocycles. The van der Waals surface area contributed by atoms with Gasteiger partial charge < -0.3 is 20.6 Å². The second-order valence-electron chi connectivity index (χ2n) is 6.45. The van der Waals surface area contributed by atoms with Crippen molar-refractivity contribution in [1.29, 1.82) is 0 Å². The van der Waals surface area contributed by atoms with Crippen molar-refractivity contribution in [3.63, 3.8) is 0 Å². The number of hydrogen-bond donors (Lipinski definition) is 3. The lowest BCUT2D eigenvalue weighted by Crippen LogP contribution is -2.42. The number of likely N-dealkylation sites (tertiary alicyclic amines) is 1. The minimum atomic E-state index is -0.101. The van der Waals surface area contributed by atoms with Crippen LogP contribution in [0.2, 0.25) is 0 Å². The summed E-state index contributed by atoms with van der Waals surface area (Å²) in [4.78, 5) is 14.2. The van der Waals surface area contributed by atoms with Gasteiger partial charge in [0.05, 0.1) is 0 Å². The van der Waals surface area contributed by atoms with Crippen molar-refractivity contribution in [3.05, 3.63) is 12.2 Å². The number of carbonyl (C=O) groups excluding carboxylic acids is 1. The van der Waals surface area contributed by atoms with E-state index in [1.54, 1.807) is 0 Å². The maximum atomic E-state index is 11.8. The van der Waals surface area contributed by atoms with E-state index in [1.165, 1.54) is 25.9 Å². The van der Waals surface area contributed by atoms with Crippen LogP contribution in [-0.4, -0.2) is 54.9 Å². The van der Waals surface area contributed by atoms with Gasteiger partial charge >= 0.3 is 6.03 Å². The van der Waals surface area contributed by atoms with Crippen molar-refractivity contribution >= 4 is 6.03 Å². The summed E-state index contributed by atoms with van der Waals surface area (Å²) < 4.78 is 0. The number of urea groups is 1. The molecule has 3 N–H and O–H groups in total. The van der Waals surface area contributed by atoms with Crippen LogP contribution < -0.4 is 10.6 Å². The van der Waals surface area contributed by atoms with Gasteiger partial charge in [-0.15, -0.1) is 0 Å². The predicted octanol–water partition coefficient (Wildman–Crippen LogP) is 1.34. The molecule has 5 nitrogen and oxygen atoms in total. The number of rotatable bonds is 6. The molecule has 1 fully saturated rings. The molecule has 1 aliphatic heterocycles. The number of piperidine rings is 1. The lowest BCUT2D eigenvalue weighted by molar-refractivity contribution is 0.190. The first-order valence-corrected chi connectivity index (χ1v) is 8.23. The molecule has 21 heavy (non-hydrogen) atoms. The standard InChI is InChI=1S/C16H29N3O2/c1-13-5-9-19(10-6-13)8-2-7-17-16(21)18-15-4-3-14(11-15)12-20/h3-4,13-15,20H,2,5-12H2,1H3,(H2,17,18,21)/t14-,15+/m0/s1. The van der Waals surface area contributed by atoms with Crippen LogP contribution in [-0.2, 0) is 0 Å². The van der Waals surface area contributed by atoms with E-state index in [4.69, 9.17) is 5.11 Å². The molecule has 2 amide bonds. The molecule has 2 atom stereocenters. The van der Waals surface area contributed by atoms with Gasteiger partial charge in [-0.25, -0.2) is 4.79 Å². The van der Waals surface area contributed by atoms with Crippen molar-refractivity contribution in [3.8, 4) is 0 Å². The zero-order valence-corrected chi connectivity index (χ0v) is 13.1. The number of aliphatic hydroxyl groups excluding tert-OH is 1. The lowest BCUT2D eigenvalue weighted by atomic mass is 9.99.